The van der Waals surface area contributed by atoms with Gasteiger partial charge in [-0.1, -0.05) is 18.2 Å². The molecule has 0 radical (unpaired) electrons. The predicted molar refractivity (Wildman–Crippen MR) is 85.3 cm³/mol. The van der Waals surface area contributed by atoms with Crippen molar-refractivity contribution in [2.24, 2.45) is 0 Å². The Labute approximate surface area is 124 Å². The molecule has 0 aliphatic carbocycles. The van der Waals surface area contributed by atoms with Gasteiger partial charge < -0.3 is 10.5 Å². The number of nitrogen functional groups attached to an aromatic ring is 1. The highest BCUT2D eigenvalue weighted by molar-refractivity contribution is 5.73. The maximum absolute atomic E-state index is 6.02. The van der Waals surface area contributed by atoms with Crippen LogP contribution in [-0.4, -0.2) is 4.98 Å². The van der Waals surface area contributed by atoms with E-state index in [0.29, 0.717) is 5.69 Å². The fourth-order valence-electron chi connectivity index (χ4n) is 2.14. The molecule has 1 heterocycles. The molecule has 0 amide bonds. The first kappa shape index (κ1) is 13.2. The maximum Gasteiger partial charge on any atom is 0.127 e. The summed E-state index contributed by atoms with van der Waals surface area (Å²) in [5.41, 5.74) is 9.54. The van der Waals surface area contributed by atoms with Crippen molar-refractivity contribution in [3.8, 4) is 22.8 Å². The van der Waals surface area contributed by atoms with Gasteiger partial charge in [0.2, 0.25) is 0 Å². The Morgan fingerprint density at radius 1 is 0.905 bits per heavy atom. The molecule has 0 unspecified atom stereocenters. The third kappa shape index (κ3) is 3.03. The lowest BCUT2D eigenvalue weighted by Crippen LogP contribution is -1.94. The number of rotatable bonds is 3. The molecule has 1 aromatic heterocycles. The Kier molecular flexibility index (Phi) is 3.56. The van der Waals surface area contributed by atoms with Gasteiger partial charge in [-0.3, -0.25) is 4.98 Å². The minimum Gasteiger partial charge on any atom is -0.457 e. The molecular weight excluding hydrogens is 260 g/mol. The van der Waals surface area contributed by atoms with Crippen molar-refractivity contribution >= 4 is 5.69 Å². The Morgan fingerprint density at radius 3 is 2.24 bits per heavy atom. The van der Waals surface area contributed by atoms with Crippen molar-refractivity contribution in [3.63, 3.8) is 0 Å². The monoisotopic (exact) mass is 276 g/mol. The fourth-order valence-corrected chi connectivity index (χ4v) is 2.14. The summed E-state index contributed by atoms with van der Waals surface area (Å²) in [4.78, 5) is 4.40. The van der Waals surface area contributed by atoms with Gasteiger partial charge >= 0.3 is 0 Å². The summed E-state index contributed by atoms with van der Waals surface area (Å²) in [5, 5.41) is 0. The second kappa shape index (κ2) is 5.67. The van der Waals surface area contributed by atoms with E-state index in [2.05, 4.69) is 4.98 Å². The number of pyridine rings is 1. The van der Waals surface area contributed by atoms with Gasteiger partial charge in [-0.2, -0.15) is 0 Å². The van der Waals surface area contributed by atoms with Gasteiger partial charge in [-0.05, 0) is 55.0 Å². The van der Waals surface area contributed by atoms with Crippen LogP contribution in [0.3, 0.4) is 0 Å². The van der Waals surface area contributed by atoms with Crippen LogP contribution in [0.4, 0.5) is 5.69 Å². The first-order valence-corrected chi connectivity index (χ1v) is 6.78. The highest BCUT2D eigenvalue weighted by Crippen LogP contribution is 2.27. The maximum atomic E-state index is 6.02. The molecule has 104 valence electrons. The minimum atomic E-state index is 0.687. The van der Waals surface area contributed by atoms with Gasteiger partial charge in [-0.15, -0.1) is 0 Å². The molecule has 3 aromatic rings. The van der Waals surface area contributed by atoms with Crippen LogP contribution in [0.5, 0.6) is 11.5 Å². The molecule has 3 nitrogen and oxygen atoms in total. The van der Waals surface area contributed by atoms with Crippen LogP contribution < -0.4 is 10.5 Å². The van der Waals surface area contributed by atoms with Crippen LogP contribution in [0.15, 0.2) is 66.9 Å². The highest BCUT2D eigenvalue weighted by atomic mass is 16.5. The lowest BCUT2D eigenvalue weighted by molar-refractivity contribution is 0.483. The van der Waals surface area contributed by atoms with Gasteiger partial charge in [0, 0.05) is 11.8 Å². The van der Waals surface area contributed by atoms with E-state index in [1.807, 2.05) is 73.8 Å². The molecule has 2 N–H and O–H groups in total. The van der Waals surface area contributed by atoms with Crippen LogP contribution in [0.1, 0.15) is 5.56 Å². The molecule has 0 saturated carbocycles. The zero-order valence-electron chi connectivity index (χ0n) is 11.8. The van der Waals surface area contributed by atoms with E-state index >= 15 is 0 Å². The Hall–Kier alpha value is -2.81. The largest absolute Gasteiger partial charge is 0.457 e. The molecule has 0 spiro atoms. The number of aromatic nitrogens is 1. The number of aryl methyl sites for hydroxylation is 1. The Balaban J connectivity index is 1.84. The van der Waals surface area contributed by atoms with E-state index in [4.69, 9.17) is 10.5 Å². The number of para-hydroxylation sites is 1. The molecule has 3 heteroatoms. The molecule has 0 bridgehead atoms. The van der Waals surface area contributed by atoms with Crippen molar-refractivity contribution in [1.29, 1.82) is 0 Å². The summed E-state index contributed by atoms with van der Waals surface area (Å²) in [6, 6.07) is 19.4. The Morgan fingerprint density at radius 2 is 1.57 bits per heavy atom. The molecule has 21 heavy (non-hydrogen) atoms. The van der Waals surface area contributed by atoms with Gasteiger partial charge in [0.1, 0.15) is 11.5 Å². The zero-order valence-corrected chi connectivity index (χ0v) is 11.8. The number of hydrogen-bond acceptors (Lipinski definition) is 3. The predicted octanol–water partition coefficient (Wildman–Crippen LogP) is 4.43. The number of ether oxygens (including phenoxy) is 1. The van der Waals surface area contributed by atoms with E-state index in [-0.39, 0.29) is 0 Å². The second-order valence-corrected chi connectivity index (χ2v) is 4.89. The Bertz CT molecular complexity index is 737. The smallest absolute Gasteiger partial charge is 0.127 e. The summed E-state index contributed by atoms with van der Waals surface area (Å²) < 4.78 is 5.77. The molecular formula is C18H16N2O. The standard InChI is InChI=1S/C18H16N2O/c1-13-11-17(19)18(20-12-13)14-7-9-16(10-8-14)21-15-5-3-2-4-6-15/h2-12H,19H2,1H3. The van der Waals surface area contributed by atoms with Crippen molar-refractivity contribution < 1.29 is 4.74 Å². The molecule has 0 fully saturated rings. The second-order valence-electron chi connectivity index (χ2n) is 4.89. The summed E-state index contributed by atoms with van der Waals surface area (Å²) in [5.74, 6) is 1.61. The lowest BCUT2D eigenvalue weighted by Gasteiger charge is -2.08. The van der Waals surface area contributed by atoms with Crippen molar-refractivity contribution in [1.82, 2.24) is 4.98 Å². The number of hydrogen-bond donors (Lipinski definition) is 1. The SMILES string of the molecule is Cc1cnc(-c2ccc(Oc3ccccc3)cc2)c(N)c1. The number of nitrogens with two attached hydrogens (primary N) is 1. The zero-order chi connectivity index (χ0) is 14.7. The quantitative estimate of drug-likeness (QED) is 0.769. The van der Waals surface area contributed by atoms with E-state index in [0.717, 1.165) is 28.3 Å². The summed E-state index contributed by atoms with van der Waals surface area (Å²) in [7, 11) is 0. The van der Waals surface area contributed by atoms with Crippen LogP contribution in [0.2, 0.25) is 0 Å². The van der Waals surface area contributed by atoms with Crippen LogP contribution >= 0.6 is 0 Å². The molecule has 3 rings (SSSR count). The third-order valence-electron chi connectivity index (χ3n) is 3.16. The van der Waals surface area contributed by atoms with Crippen molar-refractivity contribution in [2.45, 2.75) is 6.92 Å². The van der Waals surface area contributed by atoms with E-state index in [1.165, 1.54) is 0 Å². The molecule has 2 aromatic carbocycles. The topological polar surface area (TPSA) is 48.1 Å². The van der Waals surface area contributed by atoms with Gasteiger partial charge in [-0.25, -0.2) is 0 Å². The van der Waals surface area contributed by atoms with E-state index in [1.54, 1.807) is 0 Å². The van der Waals surface area contributed by atoms with E-state index < -0.39 is 0 Å². The molecule has 0 atom stereocenters. The van der Waals surface area contributed by atoms with Crippen LogP contribution in [0, 0.1) is 6.92 Å². The number of nitrogens with zero attached hydrogens (tertiary/aromatic N) is 1. The summed E-state index contributed by atoms with van der Waals surface area (Å²) in [6.07, 6.45) is 1.82. The van der Waals surface area contributed by atoms with Gasteiger partial charge in [0.25, 0.3) is 0 Å². The van der Waals surface area contributed by atoms with Crippen LogP contribution in [-0.2, 0) is 0 Å². The normalized spacial score (nSPS) is 10.3. The lowest BCUT2D eigenvalue weighted by atomic mass is 10.1. The average molecular weight is 276 g/mol. The molecule has 0 aliphatic rings. The highest BCUT2D eigenvalue weighted by Gasteiger charge is 2.05. The van der Waals surface area contributed by atoms with Crippen LogP contribution in [0.25, 0.3) is 11.3 Å². The first-order valence-electron chi connectivity index (χ1n) is 6.78. The van der Waals surface area contributed by atoms with Gasteiger partial charge in [0.15, 0.2) is 0 Å². The molecule has 0 aliphatic heterocycles. The fraction of sp³-hybridized carbons (Fsp3) is 0.0556. The number of benzene rings is 2. The summed E-state index contributed by atoms with van der Waals surface area (Å²) in [6.45, 7) is 1.98. The van der Waals surface area contributed by atoms with E-state index in [9.17, 15) is 0 Å². The third-order valence-corrected chi connectivity index (χ3v) is 3.16. The average Bonchev–Trinajstić information content (AvgIpc) is 2.49. The van der Waals surface area contributed by atoms with Crippen molar-refractivity contribution in [3.05, 3.63) is 72.4 Å². The minimum absolute atomic E-state index is 0.687. The van der Waals surface area contributed by atoms with Crippen molar-refractivity contribution in [2.75, 3.05) is 5.73 Å². The summed E-state index contributed by atoms with van der Waals surface area (Å²) >= 11 is 0. The van der Waals surface area contributed by atoms with Gasteiger partial charge in [0.05, 0.1) is 11.4 Å². The first-order chi connectivity index (χ1) is 10.2. The number of anilines is 1. The molecule has 0 saturated heterocycles.